The summed E-state index contributed by atoms with van der Waals surface area (Å²) in [6.07, 6.45) is -2.48. The third-order valence-corrected chi connectivity index (χ3v) is 3.72. The van der Waals surface area contributed by atoms with E-state index < -0.39 is 11.7 Å². The maximum Gasteiger partial charge on any atom is 0.416 e. The van der Waals surface area contributed by atoms with Crippen LogP contribution in [0.1, 0.15) is 24.0 Å². The van der Waals surface area contributed by atoms with Gasteiger partial charge in [0.2, 0.25) is 5.91 Å². The van der Waals surface area contributed by atoms with E-state index in [4.69, 9.17) is 0 Å². The van der Waals surface area contributed by atoms with Crippen LogP contribution < -0.4 is 5.32 Å². The quantitative estimate of drug-likeness (QED) is 0.931. The summed E-state index contributed by atoms with van der Waals surface area (Å²) in [7, 11) is 1.69. The average molecular weight is 300 g/mol. The topological polar surface area (TPSA) is 32.3 Å². The van der Waals surface area contributed by atoms with Gasteiger partial charge in [-0.25, -0.2) is 0 Å². The molecule has 0 spiro atoms. The lowest BCUT2D eigenvalue weighted by Crippen LogP contribution is -2.41. The van der Waals surface area contributed by atoms with Gasteiger partial charge in [0.25, 0.3) is 0 Å². The van der Waals surface area contributed by atoms with Gasteiger partial charge in [0.1, 0.15) is 0 Å². The van der Waals surface area contributed by atoms with Crippen LogP contribution >= 0.6 is 0 Å². The highest BCUT2D eigenvalue weighted by Crippen LogP contribution is 2.29. The highest BCUT2D eigenvalue weighted by atomic mass is 19.4. The molecule has 1 atom stereocenters. The van der Waals surface area contributed by atoms with Gasteiger partial charge in [0, 0.05) is 20.1 Å². The van der Waals surface area contributed by atoms with Crippen LogP contribution in [0, 0.1) is 5.92 Å². The molecule has 1 aromatic carbocycles. The molecule has 0 saturated carbocycles. The van der Waals surface area contributed by atoms with Crippen LogP contribution in [0.5, 0.6) is 0 Å². The zero-order valence-corrected chi connectivity index (χ0v) is 11.9. The number of carbonyl (C=O) groups is 1. The van der Waals surface area contributed by atoms with Crippen molar-refractivity contribution in [2.75, 3.05) is 20.1 Å². The molecular weight excluding hydrogens is 281 g/mol. The Bertz CT molecular complexity index is 479. The minimum Gasteiger partial charge on any atom is -0.341 e. The SMILES string of the molecule is CN(Cc1ccc(C(F)(F)F)cc1)C(=O)C1CCCNC1. The number of alkyl halides is 3. The molecule has 21 heavy (non-hydrogen) atoms. The van der Waals surface area contributed by atoms with Gasteiger partial charge >= 0.3 is 6.18 Å². The number of amides is 1. The van der Waals surface area contributed by atoms with E-state index in [2.05, 4.69) is 5.32 Å². The van der Waals surface area contributed by atoms with Crippen molar-refractivity contribution in [3.05, 3.63) is 35.4 Å². The van der Waals surface area contributed by atoms with Gasteiger partial charge < -0.3 is 10.2 Å². The fourth-order valence-corrected chi connectivity index (χ4v) is 2.53. The molecule has 2 rings (SSSR count). The number of hydrogen-bond donors (Lipinski definition) is 1. The van der Waals surface area contributed by atoms with Crippen molar-refractivity contribution in [3.63, 3.8) is 0 Å². The van der Waals surface area contributed by atoms with E-state index >= 15 is 0 Å². The van der Waals surface area contributed by atoms with Crippen LogP contribution in [-0.4, -0.2) is 30.9 Å². The standard InChI is InChI=1S/C15H19F3N2O/c1-20(14(21)12-3-2-8-19-9-12)10-11-4-6-13(7-5-11)15(16,17)18/h4-7,12,19H,2-3,8-10H2,1H3. The highest BCUT2D eigenvalue weighted by Gasteiger charge is 2.30. The molecule has 0 aromatic heterocycles. The van der Waals surface area contributed by atoms with Gasteiger partial charge in [-0.1, -0.05) is 12.1 Å². The zero-order valence-electron chi connectivity index (χ0n) is 11.9. The van der Waals surface area contributed by atoms with Crippen LogP contribution in [0.2, 0.25) is 0 Å². The summed E-state index contributed by atoms with van der Waals surface area (Å²) in [5.74, 6) is 0.0142. The summed E-state index contributed by atoms with van der Waals surface area (Å²) < 4.78 is 37.4. The van der Waals surface area contributed by atoms with Crippen molar-refractivity contribution in [2.45, 2.75) is 25.6 Å². The number of rotatable bonds is 3. The second-order valence-electron chi connectivity index (χ2n) is 5.43. The predicted octanol–water partition coefficient (Wildman–Crippen LogP) is 2.66. The molecule has 1 heterocycles. The van der Waals surface area contributed by atoms with Crippen LogP contribution in [0.25, 0.3) is 0 Å². The zero-order chi connectivity index (χ0) is 15.5. The van der Waals surface area contributed by atoms with Crippen LogP contribution in [-0.2, 0) is 17.5 Å². The second kappa shape index (κ2) is 6.47. The second-order valence-corrected chi connectivity index (χ2v) is 5.43. The lowest BCUT2D eigenvalue weighted by Gasteiger charge is -2.27. The Morgan fingerprint density at radius 2 is 2.00 bits per heavy atom. The number of benzene rings is 1. The Labute approximate surface area is 122 Å². The van der Waals surface area contributed by atoms with Gasteiger partial charge in [-0.05, 0) is 37.1 Å². The molecule has 1 aromatic rings. The third kappa shape index (κ3) is 4.20. The van der Waals surface area contributed by atoms with E-state index in [1.54, 1.807) is 11.9 Å². The van der Waals surface area contributed by atoms with Crippen molar-refractivity contribution in [1.29, 1.82) is 0 Å². The average Bonchev–Trinajstić information content (AvgIpc) is 2.47. The van der Waals surface area contributed by atoms with E-state index in [0.29, 0.717) is 18.7 Å². The van der Waals surface area contributed by atoms with Crippen molar-refractivity contribution < 1.29 is 18.0 Å². The van der Waals surface area contributed by atoms with Gasteiger partial charge in [0.05, 0.1) is 11.5 Å². The van der Waals surface area contributed by atoms with Gasteiger partial charge in [-0.2, -0.15) is 13.2 Å². The molecule has 1 amide bonds. The number of nitrogens with one attached hydrogen (secondary N) is 1. The molecule has 1 aliphatic rings. The van der Waals surface area contributed by atoms with Gasteiger partial charge in [-0.3, -0.25) is 4.79 Å². The summed E-state index contributed by atoms with van der Waals surface area (Å²) in [5.41, 5.74) is 0.0272. The number of piperidine rings is 1. The maximum atomic E-state index is 12.5. The lowest BCUT2D eigenvalue weighted by atomic mass is 9.98. The first-order chi connectivity index (χ1) is 9.88. The Morgan fingerprint density at radius 1 is 1.33 bits per heavy atom. The Morgan fingerprint density at radius 3 is 2.52 bits per heavy atom. The van der Waals surface area contributed by atoms with Crippen molar-refractivity contribution in [2.24, 2.45) is 5.92 Å². The first kappa shape index (κ1) is 15.8. The minimum atomic E-state index is -4.33. The van der Waals surface area contributed by atoms with Crippen LogP contribution in [0.4, 0.5) is 13.2 Å². The molecule has 1 aliphatic heterocycles. The summed E-state index contributed by atoms with van der Waals surface area (Å²) in [5, 5.41) is 3.19. The number of carbonyl (C=O) groups excluding carboxylic acids is 1. The lowest BCUT2D eigenvalue weighted by molar-refractivity contribution is -0.138. The number of hydrogen-bond acceptors (Lipinski definition) is 2. The number of halogens is 3. The number of nitrogens with zero attached hydrogens (tertiary/aromatic N) is 1. The molecule has 1 saturated heterocycles. The fourth-order valence-electron chi connectivity index (χ4n) is 2.53. The molecular formula is C15H19F3N2O. The summed E-state index contributed by atoms with van der Waals surface area (Å²) in [6.45, 7) is 1.94. The Balaban J connectivity index is 1.95. The first-order valence-corrected chi connectivity index (χ1v) is 7.00. The molecule has 3 nitrogen and oxygen atoms in total. The maximum absolute atomic E-state index is 12.5. The predicted molar refractivity (Wildman–Crippen MR) is 73.5 cm³/mol. The van der Waals surface area contributed by atoms with Crippen LogP contribution in [0.15, 0.2) is 24.3 Å². The summed E-state index contributed by atoms with van der Waals surface area (Å²) in [4.78, 5) is 13.8. The van der Waals surface area contributed by atoms with E-state index in [1.807, 2.05) is 0 Å². The first-order valence-electron chi connectivity index (χ1n) is 7.00. The monoisotopic (exact) mass is 300 g/mol. The molecule has 1 fully saturated rings. The molecule has 0 aliphatic carbocycles. The molecule has 0 bridgehead atoms. The fraction of sp³-hybridized carbons (Fsp3) is 0.533. The van der Waals surface area contributed by atoms with Crippen molar-refractivity contribution >= 4 is 5.91 Å². The molecule has 1 N–H and O–H groups in total. The third-order valence-electron chi connectivity index (χ3n) is 3.72. The van der Waals surface area contributed by atoms with Gasteiger partial charge in [-0.15, -0.1) is 0 Å². The van der Waals surface area contributed by atoms with E-state index in [9.17, 15) is 18.0 Å². The minimum absolute atomic E-state index is 0.0294. The Hall–Kier alpha value is -1.56. The van der Waals surface area contributed by atoms with Crippen molar-refractivity contribution in [3.8, 4) is 0 Å². The molecule has 6 heteroatoms. The highest BCUT2D eigenvalue weighted by molar-refractivity contribution is 5.78. The largest absolute Gasteiger partial charge is 0.416 e. The Kier molecular flexibility index (Phi) is 4.88. The van der Waals surface area contributed by atoms with E-state index in [1.165, 1.54) is 12.1 Å². The van der Waals surface area contributed by atoms with E-state index in [0.717, 1.165) is 31.5 Å². The van der Waals surface area contributed by atoms with Crippen molar-refractivity contribution in [1.82, 2.24) is 10.2 Å². The van der Waals surface area contributed by atoms with Crippen LogP contribution in [0.3, 0.4) is 0 Å². The summed E-state index contributed by atoms with van der Waals surface area (Å²) >= 11 is 0. The molecule has 116 valence electrons. The molecule has 1 unspecified atom stereocenters. The van der Waals surface area contributed by atoms with E-state index in [-0.39, 0.29) is 11.8 Å². The normalized spacial score (nSPS) is 19.3. The smallest absolute Gasteiger partial charge is 0.341 e. The molecule has 0 radical (unpaired) electrons. The summed E-state index contributed by atoms with van der Waals surface area (Å²) in [6, 6.07) is 4.95. The van der Waals surface area contributed by atoms with Gasteiger partial charge in [0.15, 0.2) is 0 Å².